The molecule has 1 N–H and O–H groups in total. The molecule has 2 aliphatic heterocycles. The van der Waals surface area contributed by atoms with Gasteiger partial charge in [0.05, 0.1) is 0 Å². The number of para-hydroxylation sites is 1. The number of anilines is 1. The fraction of sp³-hybridized carbons (Fsp3) is 0.292. The second kappa shape index (κ2) is 8.94. The summed E-state index contributed by atoms with van der Waals surface area (Å²) in [5.41, 5.74) is 3.28. The van der Waals surface area contributed by atoms with Crippen molar-refractivity contribution in [3.05, 3.63) is 76.3 Å². The summed E-state index contributed by atoms with van der Waals surface area (Å²) in [6.45, 7) is 3.51. The number of ketones is 1. The lowest BCUT2D eigenvalue weighted by atomic mass is 10.0. The summed E-state index contributed by atoms with van der Waals surface area (Å²) < 4.78 is 0. The predicted octanol–water partition coefficient (Wildman–Crippen LogP) is 4.43. The van der Waals surface area contributed by atoms with E-state index in [9.17, 15) is 14.4 Å². The Labute approximate surface area is 186 Å². The third kappa shape index (κ3) is 4.64. The Morgan fingerprint density at radius 1 is 1.10 bits per heavy atom. The van der Waals surface area contributed by atoms with Crippen molar-refractivity contribution in [2.45, 2.75) is 32.4 Å². The quantitative estimate of drug-likeness (QED) is 0.568. The van der Waals surface area contributed by atoms with Gasteiger partial charge in [-0.1, -0.05) is 29.8 Å². The zero-order valence-corrected chi connectivity index (χ0v) is 18.1. The number of carbonyl (C=O) groups excluding carboxylic acids is 3. The van der Waals surface area contributed by atoms with E-state index < -0.39 is 0 Å². The molecule has 6 nitrogen and oxygen atoms in total. The van der Waals surface area contributed by atoms with Crippen LogP contribution in [0.3, 0.4) is 0 Å². The molecule has 2 aliphatic rings. The highest BCUT2D eigenvalue weighted by Crippen LogP contribution is 2.27. The van der Waals surface area contributed by atoms with E-state index in [0.717, 1.165) is 16.8 Å². The van der Waals surface area contributed by atoms with Gasteiger partial charge in [-0.2, -0.15) is 0 Å². The monoisotopic (exact) mass is 437 g/mol. The fourth-order valence-corrected chi connectivity index (χ4v) is 4.18. The molecule has 2 aromatic carbocycles. The van der Waals surface area contributed by atoms with Crippen LogP contribution >= 0.6 is 11.6 Å². The van der Waals surface area contributed by atoms with Crippen molar-refractivity contribution >= 4 is 35.0 Å². The van der Waals surface area contributed by atoms with Crippen molar-refractivity contribution in [1.82, 2.24) is 9.80 Å². The molecule has 2 heterocycles. The molecule has 0 unspecified atom stereocenters. The number of allylic oxidation sites excluding steroid dienone is 1. The topological polar surface area (TPSA) is 69.7 Å². The van der Waals surface area contributed by atoms with Crippen LogP contribution in [-0.4, -0.2) is 46.7 Å². The zero-order valence-electron chi connectivity index (χ0n) is 17.3. The van der Waals surface area contributed by atoms with E-state index in [2.05, 4.69) is 5.32 Å². The molecule has 1 fully saturated rings. The van der Waals surface area contributed by atoms with Gasteiger partial charge in [0.2, 0.25) is 5.91 Å². The molecule has 0 atom stereocenters. The van der Waals surface area contributed by atoms with Gasteiger partial charge in [0.15, 0.2) is 5.78 Å². The maximum Gasteiger partial charge on any atom is 0.322 e. The average molecular weight is 438 g/mol. The van der Waals surface area contributed by atoms with Gasteiger partial charge in [-0.15, -0.1) is 0 Å². The number of amides is 3. The van der Waals surface area contributed by atoms with Crippen LogP contribution in [0.2, 0.25) is 5.02 Å². The van der Waals surface area contributed by atoms with Crippen molar-refractivity contribution in [2.75, 3.05) is 18.4 Å². The van der Waals surface area contributed by atoms with Gasteiger partial charge in [-0.05, 0) is 61.2 Å². The van der Waals surface area contributed by atoms with Gasteiger partial charge in [0.1, 0.15) is 0 Å². The van der Waals surface area contributed by atoms with E-state index in [1.54, 1.807) is 23.1 Å². The number of aryl methyl sites for hydroxylation is 1. The van der Waals surface area contributed by atoms with Crippen molar-refractivity contribution in [1.29, 1.82) is 0 Å². The number of nitrogens with one attached hydrogen (secondary N) is 1. The second-order valence-electron chi connectivity index (χ2n) is 7.93. The summed E-state index contributed by atoms with van der Waals surface area (Å²) in [7, 11) is 0. The number of carbonyl (C=O) groups is 3. The van der Waals surface area contributed by atoms with Gasteiger partial charge in [-0.25, -0.2) is 4.79 Å². The van der Waals surface area contributed by atoms with E-state index >= 15 is 0 Å². The molecule has 31 heavy (non-hydrogen) atoms. The van der Waals surface area contributed by atoms with Crippen LogP contribution in [0.1, 0.15) is 34.3 Å². The van der Waals surface area contributed by atoms with Gasteiger partial charge in [0, 0.05) is 48.0 Å². The number of nitrogens with zero attached hydrogens (tertiary/aromatic N) is 2. The van der Waals surface area contributed by atoms with Crippen molar-refractivity contribution < 1.29 is 14.4 Å². The van der Waals surface area contributed by atoms with E-state index in [-0.39, 0.29) is 23.8 Å². The first kappa shape index (κ1) is 21.1. The van der Waals surface area contributed by atoms with Crippen LogP contribution in [0.5, 0.6) is 0 Å². The minimum atomic E-state index is -0.230. The van der Waals surface area contributed by atoms with E-state index in [1.165, 1.54) is 12.2 Å². The summed E-state index contributed by atoms with van der Waals surface area (Å²) in [6, 6.07) is 12.8. The number of hydrogen-bond donors (Lipinski definition) is 1. The predicted molar refractivity (Wildman–Crippen MR) is 120 cm³/mol. The Morgan fingerprint density at radius 2 is 1.84 bits per heavy atom. The van der Waals surface area contributed by atoms with Crippen molar-refractivity contribution in [3.8, 4) is 0 Å². The maximum absolute atomic E-state index is 12.5. The van der Waals surface area contributed by atoms with Crippen LogP contribution in [0, 0.1) is 6.92 Å². The average Bonchev–Trinajstić information content (AvgIpc) is 2.78. The molecule has 160 valence electrons. The number of likely N-dealkylation sites (tertiary alicyclic amines) is 1. The van der Waals surface area contributed by atoms with Crippen LogP contribution < -0.4 is 5.32 Å². The summed E-state index contributed by atoms with van der Waals surface area (Å²) in [4.78, 5) is 41.0. The number of fused-ring (bicyclic) bond motifs is 1. The first-order valence-corrected chi connectivity index (χ1v) is 10.7. The minimum Gasteiger partial charge on any atom is -0.339 e. The lowest BCUT2D eigenvalue weighted by molar-refractivity contribution is -0.127. The van der Waals surface area contributed by atoms with Crippen LogP contribution in [0.15, 0.2) is 54.6 Å². The van der Waals surface area contributed by atoms with Crippen LogP contribution in [0.4, 0.5) is 10.5 Å². The number of hydrogen-bond acceptors (Lipinski definition) is 3. The standard InChI is InChI=1S/C24H24ClN3O3/c1-16-14-17(6-7-20(16)25)22(29)8-9-23(30)27-12-10-19(11-13-27)28-15-18-4-2-3-5-21(18)26-24(28)31/h2-9,14,19H,10-13,15H2,1H3,(H,26,31)/b9-8+. The zero-order chi connectivity index (χ0) is 22.0. The first-order valence-electron chi connectivity index (χ1n) is 10.4. The van der Waals surface area contributed by atoms with E-state index in [4.69, 9.17) is 11.6 Å². The smallest absolute Gasteiger partial charge is 0.322 e. The number of rotatable bonds is 4. The number of piperidine rings is 1. The van der Waals surface area contributed by atoms with Gasteiger partial charge < -0.3 is 15.1 Å². The molecule has 7 heteroatoms. The van der Waals surface area contributed by atoms with Gasteiger partial charge in [-0.3, -0.25) is 9.59 Å². The number of benzene rings is 2. The normalized spacial score (nSPS) is 16.9. The second-order valence-corrected chi connectivity index (χ2v) is 8.34. The summed E-state index contributed by atoms with van der Waals surface area (Å²) in [5, 5.41) is 3.55. The highest BCUT2D eigenvalue weighted by molar-refractivity contribution is 6.31. The molecule has 0 saturated carbocycles. The maximum atomic E-state index is 12.5. The fourth-order valence-electron chi connectivity index (χ4n) is 4.06. The highest BCUT2D eigenvalue weighted by atomic mass is 35.5. The van der Waals surface area contributed by atoms with E-state index in [1.807, 2.05) is 36.1 Å². The molecule has 0 aliphatic carbocycles. The molecule has 0 radical (unpaired) electrons. The first-order chi connectivity index (χ1) is 14.9. The molecular formula is C24H24ClN3O3. The summed E-state index contributed by atoms with van der Waals surface area (Å²) in [5.74, 6) is -0.419. The minimum absolute atomic E-state index is 0.0834. The molecule has 0 bridgehead atoms. The summed E-state index contributed by atoms with van der Waals surface area (Å²) >= 11 is 6.00. The number of urea groups is 1. The molecule has 4 rings (SSSR count). The molecule has 2 aromatic rings. The van der Waals surface area contributed by atoms with Crippen LogP contribution in [0.25, 0.3) is 0 Å². The Kier molecular flexibility index (Phi) is 6.09. The molecule has 1 saturated heterocycles. The Hall–Kier alpha value is -3.12. The lowest BCUT2D eigenvalue weighted by Crippen LogP contribution is -2.50. The lowest BCUT2D eigenvalue weighted by Gasteiger charge is -2.40. The molecule has 0 spiro atoms. The van der Waals surface area contributed by atoms with Crippen LogP contribution in [-0.2, 0) is 11.3 Å². The molecular weight excluding hydrogens is 414 g/mol. The van der Waals surface area contributed by atoms with E-state index in [0.29, 0.717) is 43.1 Å². The van der Waals surface area contributed by atoms with Crippen molar-refractivity contribution in [2.24, 2.45) is 0 Å². The van der Waals surface area contributed by atoms with Gasteiger partial charge >= 0.3 is 6.03 Å². The van der Waals surface area contributed by atoms with Crippen molar-refractivity contribution in [3.63, 3.8) is 0 Å². The Morgan fingerprint density at radius 3 is 2.58 bits per heavy atom. The highest BCUT2D eigenvalue weighted by Gasteiger charge is 2.32. The molecule has 0 aromatic heterocycles. The summed E-state index contributed by atoms with van der Waals surface area (Å²) in [6.07, 6.45) is 4.06. The Bertz CT molecular complexity index is 1060. The SMILES string of the molecule is Cc1cc(C(=O)/C=C/C(=O)N2CCC(N3Cc4ccccc4NC3=O)CC2)ccc1Cl. The number of halogens is 1. The largest absolute Gasteiger partial charge is 0.339 e. The third-order valence-electron chi connectivity index (χ3n) is 5.90. The van der Waals surface area contributed by atoms with Gasteiger partial charge in [0.25, 0.3) is 0 Å². The third-order valence-corrected chi connectivity index (χ3v) is 6.32. The Balaban J connectivity index is 1.33. The molecule has 3 amide bonds.